The van der Waals surface area contributed by atoms with Gasteiger partial charge >= 0.3 is 5.97 Å². The summed E-state index contributed by atoms with van der Waals surface area (Å²) in [5.74, 6) is -1.39. The summed E-state index contributed by atoms with van der Waals surface area (Å²) in [4.78, 5) is 23.2. The minimum Gasteiger partial charge on any atom is -0.478 e. The topological polar surface area (TPSA) is 84.2 Å². The van der Waals surface area contributed by atoms with Crippen LogP contribution in [-0.2, 0) is 11.3 Å². The predicted octanol–water partition coefficient (Wildman–Crippen LogP) is 2.44. The van der Waals surface area contributed by atoms with E-state index in [-0.39, 0.29) is 23.7 Å². The van der Waals surface area contributed by atoms with Crippen molar-refractivity contribution in [1.82, 2.24) is 9.78 Å². The molecule has 6 nitrogen and oxygen atoms in total. The van der Waals surface area contributed by atoms with Crippen LogP contribution in [0.2, 0.25) is 0 Å². The van der Waals surface area contributed by atoms with Gasteiger partial charge in [-0.1, -0.05) is 0 Å². The first-order valence-corrected chi connectivity index (χ1v) is 7.28. The molecule has 0 saturated heterocycles. The Morgan fingerprint density at radius 2 is 2.05 bits per heavy atom. The zero-order valence-corrected chi connectivity index (χ0v) is 13.7. The fourth-order valence-electron chi connectivity index (χ4n) is 1.96. The molecule has 1 amide bonds. The molecule has 21 heavy (non-hydrogen) atoms. The third-order valence-electron chi connectivity index (χ3n) is 2.88. The fourth-order valence-corrected chi connectivity index (χ4v) is 2.45. The van der Waals surface area contributed by atoms with Crippen LogP contribution in [-0.4, -0.2) is 26.8 Å². The second-order valence-electron chi connectivity index (χ2n) is 4.63. The highest BCUT2D eigenvalue weighted by molar-refractivity contribution is 14.1. The molecular formula is C14H14IN3O3. The number of aromatic carboxylic acids is 1. The average Bonchev–Trinajstić information content (AvgIpc) is 2.69. The number of nitrogens with one attached hydrogen (secondary N) is 1. The minimum absolute atomic E-state index is 0.0463. The smallest absolute Gasteiger partial charge is 0.337 e. The lowest BCUT2D eigenvalue weighted by atomic mass is 10.2. The number of anilines is 1. The highest BCUT2D eigenvalue weighted by Gasteiger charge is 2.14. The van der Waals surface area contributed by atoms with E-state index in [1.54, 1.807) is 16.8 Å². The van der Waals surface area contributed by atoms with Crippen LogP contribution in [0.3, 0.4) is 0 Å². The molecule has 0 aliphatic rings. The van der Waals surface area contributed by atoms with E-state index < -0.39 is 5.97 Å². The first-order chi connectivity index (χ1) is 9.86. The molecule has 0 bridgehead atoms. The molecular weight excluding hydrogens is 385 g/mol. The van der Waals surface area contributed by atoms with Gasteiger partial charge in [-0.05, 0) is 60.7 Å². The Hall–Kier alpha value is -1.90. The quantitative estimate of drug-likeness (QED) is 0.774. The predicted molar refractivity (Wildman–Crippen MR) is 86.4 cm³/mol. The number of halogens is 1. The van der Waals surface area contributed by atoms with E-state index in [4.69, 9.17) is 5.11 Å². The number of hydrogen-bond donors (Lipinski definition) is 2. The zero-order chi connectivity index (χ0) is 15.6. The number of carboxylic acids is 1. The molecule has 0 spiro atoms. The molecule has 0 aliphatic carbocycles. The molecule has 2 aromatic rings. The van der Waals surface area contributed by atoms with Crippen LogP contribution < -0.4 is 5.32 Å². The summed E-state index contributed by atoms with van der Waals surface area (Å²) >= 11 is 2.02. The van der Waals surface area contributed by atoms with Crippen molar-refractivity contribution in [3.63, 3.8) is 0 Å². The summed E-state index contributed by atoms with van der Waals surface area (Å²) in [6, 6.07) is 6.72. The van der Waals surface area contributed by atoms with Crippen molar-refractivity contribution in [2.24, 2.45) is 0 Å². The molecule has 2 N–H and O–H groups in total. The number of carbonyl (C=O) groups excluding carboxylic acids is 1. The number of aromatic nitrogens is 2. The van der Waals surface area contributed by atoms with Gasteiger partial charge in [0.25, 0.3) is 0 Å². The van der Waals surface area contributed by atoms with E-state index in [1.165, 1.54) is 6.07 Å². The van der Waals surface area contributed by atoms with Gasteiger partial charge in [0.1, 0.15) is 6.54 Å². The van der Waals surface area contributed by atoms with Crippen molar-refractivity contribution in [2.75, 3.05) is 5.32 Å². The molecule has 0 fully saturated rings. The number of aryl methyl sites for hydroxylation is 2. The third-order valence-corrected chi connectivity index (χ3v) is 3.55. The highest BCUT2D eigenvalue weighted by atomic mass is 127. The molecule has 0 unspecified atom stereocenters. The van der Waals surface area contributed by atoms with Crippen LogP contribution in [0.1, 0.15) is 21.7 Å². The van der Waals surface area contributed by atoms with Crippen LogP contribution in [0.4, 0.5) is 5.69 Å². The molecule has 1 aromatic carbocycles. The van der Waals surface area contributed by atoms with Gasteiger partial charge in [0.05, 0.1) is 16.9 Å². The number of carboxylic acid groups (broad SMARTS) is 1. The number of carbonyl (C=O) groups is 2. The van der Waals surface area contributed by atoms with Crippen LogP contribution >= 0.6 is 22.6 Å². The largest absolute Gasteiger partial charge is 0.478 e. The van der Waals surface area contributed by atoms with Crippen LogP contribution in [0.15, 0.2) is 24.3 Å². The molecule has 0 saturated carbocycles. The van der Waals surface area contributed by atoms with Gasteiger partial charge < -0.3 is 10.4 Å². The Balaban J connectivity index is 2.16. The zero-order valence-electron chi connectivity index (χ0n) is 11.6. The lowest BCUT2D eigenvalue weighted by Crippen LogP contribution is -2.21. The van der Waals surface area contributed by atoms with Crippen molar-refractivity contribution in [3.8, 4) is 0 Å². The molecule has 1 aromatic heterocycles. The van der Waals surface area contributed by atoms with Gasteiger partial charge in [-0.2, -0.15) is 5.10 Å². The Bertz CT molecular complexity index is 709. The van der Waals surface area contributed by atoms with E-state index in [9.17, 15) is 9.59 Å². The maximum Gasteiger partial charge on any atom is 0.337 e. The maximum absolute atomic E-state index is 12.0. The van der Waals surface area contributed by atoms with Crippen molar-refractivity contribution in [2.45, 2.75) is 20.4 Å². The van der Waals surface area contributed by atoms with Crippen molar-refractivity contribution in [3.05, 3.63) is 44.8 Å². The van der Waals surface area contributed by atoms with Crippen LogP contribution in [0.25, 0.3) is 0 Å². The van der Waals surface area contributed by atoms with Crippen LogP contribution in [0.5, 0.6) is 0 Å². The first-order valence-electron chi connectivity index (χ1n) is 6.20. The van der Waals surface area contributed by atoms with Gasteiger partial charge in [0, 0.05) is 9.26 Å². The van der Waals surface area contributed by atoms with E-state index in [0.717, 1.165) is 15.0 Å². The highest BCUT2D eigenvalue weighted by Crippen LogP contribution is 2.19. The number of rotatable bonds is 4. The Morgan fingerprint density at radius 3 is 2.62 bits per heavy atom. The summed E-state index contributed by atoms with van der Waals surface area (Å²) < 4.78 is 2.37. The number of benzene rings is 1. The van der Waals surface area contributed by atoms with E-state index >= 15 is 0 Å². The lowest BCUT2D eigenvalue weighted by molar-refractivity contribution is -0.116. The second-order valence-corrected chi connectivity index (χ2v) is 5.87. The van der Waals surface area contributed by atoms with Crippen molar-refractivity contribution in [1.29, 1.82) is 0 Å². The fraction of sp³-hybridized carbons (Fsp3) is 0.214. The molecule has 0 radical (unpaired) electrons. The number of amides is 1. The third kappa shape index (κ3) is 3.81. The monoisotopic (exact) mass is 399 g/mol. The molecule has 1 heterocycles. The standard InChI is InChI=1S/C14H14IN3O3/c1-8-5-9(2)18(17-8)7-13(19)16-12-4-3-10(15)6-11(12)14(20)21/h3-6H,7H2,1-2H3,(H,16,19)(H,20,21). The van der Waals surface area contributed by atoms with E-state index in [1.807, 2.05) is 42.5 Å². The minimum atomic E-state index is -1.07. The molecule has 2 rings (SSSR count). The Kier molecular flexibility index (Phi) is 4.61. The summed E-state index contributed by atoms with van der Waals surface area (Å²) in [6.45, 7) is 3.76. The summed E-state index contributed by atoms with van der Waals surface area (Å²) in [6.07, 6.45) is 0. The van der Waals surface area contributed by atoms with Crippen molar-refractivity contribution >= 4 is 40.2 Å². The van der Waals surface area contributed by atoms with Crippen molar-refractivity contribution < 1.29 is 14.7 Å². The van der Waals surface area contributed by atoms with Crippen LogP contribution in [0, 0.1) is 17.4 Å². The summed E-state index contributed by atoms with van der Waals surface area (Å²) in [7, 11) is 0. The molecule has 0 atom stereocenters. The first kappa shape index (κ1) is 15.5. The normalized spacial score (nSPS) is 10.4. The van der Waals surface area contributed by atoms with Gasteiger partial charge in [0.15, 0.2) is 0 Å². The van der Waals surface area contributed by atoms with E-state index in [2.05, 4.69) is 10.4 Å². The molecule has 0 aliphatic heterocycles. The van der Waals surface area contributed by atoms with E-state index in [0.29, 0.717) is 0 Å². The SMILES string of the molecule is Cc1cc(C)n(CC(=O)Nc2ccc(I)cc2C(=O)O)n1. The summed E-state index contributed by atoms with van der Waals surface area (Å²) in [5.41, 5.74) is 2.07. The summed E-state index contributed by atoms with van der Waals surface area (Å²) in [5, 5.41) is 16.0. The van der Waals surface area contributed by atoms with Gasteiger partial charge in [-0.3, -0.25) is 9.48 Å². The molecule has 7 heteroatoms. The lowest BCUT2D eigenvalue weighted by Gasteiger charge is -2.09. The number of hydrogen-bond acceptors (Lipinski definition) is 3. The maximum atomic E-state index is 12.0. The Labute approximate surface area is 135 Å². The Morgan fingerprint density at radius 1 is 1.33 bits per heavy atom. The molecule has 110 valence electrons. The van der Waals surface area contributed by atoms with Gasteiger partial charge in [-0.15, -0.1) is 0 Å². The van der Waals surface area contributed by atoms with Gasteiger partial charge in [-0.25, -0.2) is 4.79 Å². The second kappa shape index (κ2) is 6.25. The number of nitrogens with zero attached hydrogens (tertiary/aromatic N) is 2. The van der Waals surface area contributed by atoms with Gasteiger partial charge in [0.2, 0.25) is 5.91 Å². The average molecular weight is 399 g/mol.